The Balaban J connectivity index is 1.82. The van der Waals surface area contributed by atoms with Gasteiger partial charge in [-0.25, -0.2) is 4.79 Å². The Morgan fingerprint density at radius 1 is 0.933 bits per heavy atom. The van der Waals surface area contributed by atoms with Crippen molar-refractivity contribution in [3.63, 3.8) is 0 Å². The standard InChI is InChI=1S/C22H29N3O5/c1-5-25(15-16-6-11-19(29-3)20(14-16)30-4)21(26)12-13-23-22(27)24-17-7-9-18(28-2)10-8-17/h6-11,14H,5,12-13,15H2,1-4H3,(H2,23,24,27). The molecule has 0 aliphatic carbocycles. The molecule has 2 N–H and O–H groups in total. The number of urea groups is 1. The minimum atomic E-state index is -0.365. The third-order valence-corrected chi connectivity index (χ3v) is 4.53. The lowest BCUT2D eigenvalue weighted by Crippen LogP contribution is -2.35. The van der Waals surface area contributed by atoms with E-state index in [4.69, 9.17) is 14.2 Å². The molecule has 2 aromatic carbocycles. The van der Waals surface area contributed by atoms with Gasteiger partial charge in [0.05, 0.1) is 21.3 Å². The van der Waals surface area contributed by atoms with Crippen LogP contribution in [-0.2, 0) is 11.3 Å². The molecule has 0 unspecified atom stereocenters. The number of benzene rings is 2. The molecule has 0 spiro atoms. The highest BCUT2D eigenvalue weighted by Crippen LogP contribution is 2.28. The summed E-state index contributed by atoms with van der Waals surface area (Å²) in [7, 11) is 4.74. The zero-order valence-electron chi connectivity index (χ0n) is 17.9. The molecule has 8 heteroatoms. The van der Waals surface area contributed by atoms with Gasteiger partial charge in [-0.15, -0.1) is 0 Å². The smallest absolute Gasteiger partial charge is 0.319 e. The third-order valence-electron chi connectivity index (χ3n) is 4.53. The number of carbonyl (C=O) groups excluding carboxylic acids is 2. The summed E-state index contributed by atoms with van der Waals surface area (Å²) < 4.78 is 15.6. The van der Waals surface area contributed by atoms with Crippen LogP contribution in [0.5, 0.6) is 17.2 Å². The van der Waals surface area contributed by atoms with Crippen molar-refractivity contribution in [2.24, 2.45) is 0 Å². The van der Waals surface area contributed by atoms with Gasteiger partial charge in [-0.05, 0) is 48.9 Å². The Bertz CT molecular complexity index is 839. The molecular formula is C22H29N3O5. The molecule has 162 valence electrons. The predicted molar refractivity (Wildman–Crippen MR) is 115 cm³/mol. The summed E-state index contributed by atoms with van der Waals surface area (Å²) in [6.45, 7) is 3.17. The molecule has 0 aromatic heterocycles. The molecule has 0 aliphatic heterocycles. The van der Waals surface area contributed by atoms with E-state index in [1.165, 1.54) is 0 Å². The summed E-state index contributed by atoms with van der Waals surface area (Å²) in [4.78, 5) is 26.3. The van der Waals surface area contributed by atoms with Crippen molar-refractivity contribution in [2.45, 2.75) is 19.9 Å². The van der Waals surface area contributed by atoms with Gasteiger partial charge < -0.3 is 29.7 Å². The molecule has 2 rings (SSSR count). The van der Waals surface area contributed by atoms with Crippen molar-refractivity contribution in [3.05, 3.63) is 48.0 Å². The molecule has 0 radical (unpaired) electrons. The van der Waals surface area contributed by atoms with Gasteiger partial charge in [0.25, 0.3) is 0 Å². The molecule has 0 saturated carbocycles. The second-order valence-corrected chi connectivity index (χ2v) is 6.46. The van der Waals surface area contributed by atoms with Crippen molar-refractivity contribution in [3.8, 4) is 17.2 Å². The predicted octanol–water partition coefficient (Wildman–Crippen LogP) is 3.27. The van der Waals surface area contributed by atoms with Gasteiger partial charge in [-0.2, -0.15) is 0 Å². The van der Waals surface area contributed by atoms with Crippen molar-refractivity contribution in [1.82, 2.24) is 10.2 Å². The summed E-state index contributed by atoms with van der Waals surface area (Å²) in [5, 5.41) is 5.42. The Morgan fingerprint density at radius 3 is 2.23 bits per heavy atom. The largest absolute Gasteiger partial charge is 0.497 e. The first-order chi connectivity index (χ1) is 14.5. The molecule has 0 saturated heterocycles. The fraction of sp³-hybridized carbons (Fsp3) is 0.364. The van der Waals surface area contributed by atoms with Gasteiger partial charge in [-0.1, -0.05) is 6.07 Å². The van der Waals surface area contributed by atoms with E-state index in [2.05, 4.69) is 10.6 Å². The summed E-state index contributed by atoms with van der Waals surface area (Å²) in [6, 6.07) is 12.2. The third kappa shape index (κ3) is 6.58. The van der Waals surface area contributed by atoms with Crippen LogP contribution in [0.3, 0.4) is 0 Å². The van der Waals surface area contributed by atoms with E-state index in [1.54, 1.807) is 50.5 Å². The highest BCUT2D eigenvalue weighted by Gasteiger charge is 2.14. The molecular weight excluding hydrogens is 386 g/mol. The van der Waals surface area contributed by atoms with Gasteiger partial charge in [0.15, 0.2) is 11.5 Å². The highest BCUT2D eigenvalue weighted by molar-refractivity contribution is 5.89. The van der Waals surface area contributed by atoms with Crippen molar-refractivity contribution >= 4 is 17.6 Å². The minimum Gasteiger partial charge on any atom is -0.497 e. The maximum atomic E-state index is 12.6. The van der Waals surface area contributed by atoms with Crippen molar-refractivity contribution in [2.75, 3.05) is 39.7 Å². The van der Waals surface area contributed by atoms with Crippen LogP contribution in [0.15, 0.2) is 42.5 Å². The number of anilines is 1. The van der Waals surface area contributed by atoms with Crippen LogP contribution in [-0.4, -0.2) is 51.3 Å². The number of rotatable bonds is 10. The maximum Gasteiger partial charge on any atom is 0.319 e. The molecule has 0 aliphatic rings. The van der Waals surface area contributed by atoms with E-state index in [9.17, 15) is 9.59 Å². The number of methoxy groups -OCH3 is 3. The molecule has 0 heterocycles. The van der Waals surface area contributed by atoms with E-state index >= 15 is 0 Å². The van der Waals surface area contributed by atoms with Crippen LogP contribution in [0.25, 0.3) is 0 Å². The summed E-state index contributed by atoms with van der Waals surface area (Å²) >= 11 is 0. The first kappa shape index (κ1) is 22.9. The van der Waals surface area contributed by atoms with Gasteiger partial charge in [0.1, 0.15) is 5.75 Å². The first-order valence-electron chi connectivity index (χ1n) is 9.68. The summed E-state index contributed by atoms with van der Waals surface area (Å²) in [6.07, 6.45) is 0.206. The SMILES string of the molecule is CCN(Cc1ccc(OC)c(OC)c1)C(=O)CCNC(=O)Nc1ccc(OC)cc1. The minimum absolute atomic E-state index is 0.0444. The normalized spacial score (nSPS) is 10.1. The molecule has 0 atom stereocenters. The molecule has 3 amide bonds. The van der Waals surface area contributed by atoms with E-state index in [-0.39, 0.29) is 24.9 Å². The molecule has 8 nitrogen and oxygen atoms in total. The maximum absolute atomic E-state index is 12.6. The number of carbonyl (C=O) groups is 2. The van der Waals surface area contributed by atoms with Crippen LogP contribution in [0.1, 0.15) is 18.9 Å². The van der Waals surface area contributed by atoms with Gasteiger partial charge >= 0.3 is 6.03 Å². The zero-order valence-corrected chi connectivity index (χ0v) is 17.9. The second-order valence-electron chi connectivity index (χ2n) is 6.46. The summed E-state index contributed by atoms with van der Waals surface area (Å²) in [5.74, 6) is 1.93. The highest BCUT2D eigenvalue weighted by atomic mass is 16.5. The Labute approximate surface area is 177 Å². The van der Waals surface area contributed by atoms with E-state index in [1.807, 2.05) is 25.1 Å². The zero-order chi connectivity index (χ0) is 21.9. The Morgan fingerprint density at radius 2 is 1.63 bits per heavy atom. The van der Waals surface area contributed by atoms with E-state index < -0.39 is 0 Å². The fourth-order valence-corrected chi connectivity index (χ4v) is 2.87. The fourth-order valence-electron chi connectivity index (χ4n) is 2.87. The Kier molecular flexibility index (Phi) is 8.80. The molecule has 30 heavy (non-hydrogen) atoms. The average Bonchev–Trinajstić information content (AvgIpc) is 2.77. The number of nitrogens with zero attached hydrogens (tertiary/aromatic N) is 1. The van der Waals surface area contributed by atoms with Crippen LogP contribution in [0, 0.1) is 0 Å². The molecule has 2 aromatic rings. The number of amides is 3. The molecule has 0 bridgehead atoms. The quantitative estimate of drug-likeness (QED) is 0.622. The van der Waals surface area contributed by atoms with E-state index in [0.29, 0.717) is 36.0 Å². The summed E-state index contributed by atoms with van der Waals surface area (Å²) in [5.41, 5.74) is 1.58. The van der Waals surface area contributed by atoms with Crippen molar-refractivity contribution < 1.29 is 23.8 Å². The van der Waals surface area contributed by atoms with Crippen molar-refractivity contribution in [1.29, 1.82) is 0 Å². The lowest BCUT2D eigenvalue weighted by atomic mass is 10.1. The lowest BCUT2D eigenvalue weighted by molar-refractivity contribution is -0.131. The van der Waals surface area contributed by atoms with Crippen LogP contribution < -0.4 is 24.8 Å². The van der Waals surface area contributed by atoms with E-state index in [0.717, 1.165) is 5.56 Å². The van der Waals surface area contributed by atoms with Gasteiger partial charge in [0.2, 0.25) is 5.91 Å². The van der Waals surface area contributed by atoms with Gasteiger partial charge in [0, 0.05) is 31.7 Å². The monoisotopic (exact) mass is 415 g/mol. The molecule has 0 fully saturated rings. The number of nitrogens with one attached hydrogen (secondary N) is 2. The second kappa shape index (κ2) is 11.5. The number of hydrogen-bond donors (Lipinski definition) is 2. The number of hydrogen-bond acceptors (Lipinski definition) is 5. The van der Waals surface area contributed by atoms with Crippen LogP contribution >= 0.6 is 0 Å². The van der Waals surface area contributed by atoms with Crippen LogP contribution in [0.4, 0.5) is 10.5 Å². The Hall–Kier alpha value is -3.42. The van der Waals surface area contributed by atoms with Gasteiger partial charge in [-0.3, -0.25) is 4.79 Å². The average molecular weight is 415 g/mol. The van der Waals surface area contributed by atoms with Crippen LogP contribution in [0.2, 0.25) is 0 Å². The number of ether oxygens (including phenoxy) is 3. The lowest BCUT2D eigenvalue weighted by Gasteiger charge is -2.22. The first-order valence-corrected chi connectivity index (χ1v) is 9.68. The topological polar surface area (TPSA) is 89.1 Å².